The van der Waals surface area contributed by atoms with Gasteiger partial charge in [-0.1, -0.05) is 30.3 Å². The second kappa shape index (κ2) is 8.53. The van der Waals surface area contributed by atoms with Gasteiger partial charge in [0, 0.05) is 52.1 Å². The van der Waals surface area contributed by atoms with E-state index in [1.165, 1.54) is 16.9 Å². The van der Waals surface area contributed by atoms with E-state index in [1.807, 2.05) is 4.90 Å². The van der Waals surface area contributed by atoms with Crippen LogP contribution in [-0.2, 0) is 16.1 Å². The molecule has 0 radical (unpaired) electrons. The molecule has 0 aliphatic carbocycles. The van der Waals surface area contributed by atoms with Gasteiger partial charge in [-0.2, -0.15) is 0 Å². The lowest BCUT2D eigenvalue weighted by Gasteiger charge is -2.39. The molecule has 0 unspecified atom stereocenters. The van der Waals surface area contributed by atoms with Gasteiger partial charge in [-0.15, -0.1) is 0 Å². The molecule has 3 fully saturated rings. The molecule has 0 atom stereocenters. The van der Waals surface area contributed by atoms with Gasteiger partial charge in [-0.25, -0.2) is 4.79 Å². The Labute approximate surface area is 172 Å². The molecule has 3 aliphatic heterocycles. The zero-order chi connectivity index (χ0) is 20.3. The third-order valence-electron chi connectivity index (χ3n) is 6.64. The number of amides is 4. The lowest BCUT2D eigenvalue weighted by atomic mass is 9.78. The fourth-order valence-corrected chi connectivity index (χ4v) is 4.86. The van der Waals surface area contributed by atoms with E-state index in [-0.39, 0.29) is 24.4 Å². The summed E-state index contributed by atoms with van der Waals surface area (Å²) < 4.78 is 0. The predicted molar refractivity (Wildman–Crippen MR) is 109 cm³/mol. The minimum Gasteiger partial charge on any atom is -0.336 e. The van der Waals surface area contributed by atoms with Crippen molar-refractivity contribution in [3.05, 3.63) is 35.9 Å². The van der Waals surface area contributed by atoms with Gasteiger partial charge < -0.3 is 10.2 Å². The number of carbonyl (C=O) groups is 3. The van der Waals surface area contributed by atoms with Gasteiger partial charge >= 0.3 is 6.03 Å². The van der Waals surface area contributed by atoms with E-state index in [9.17, 15) is 14.4 Å². The van der Waals surface area contributed by atoms with E-state index < -0.39 is 0 Å². The van der Waals surface area contributed by atoms with Crippen molar-refractivity contribution in [2.75, 3.05) is 39.3 Å². The predicted octanol–water partition coefficient (Wildman–Crippen LogP) is 1.83. The molecule has 4 amide bonds. The molecule has 1 aromatic rings. The number of nitrogens with one attached hydrogen (secondary N) is 1. The molecule has 0 saturated carbocycles. The van der Waals surface area contributed by atoms with E-state index in [1.54, 1.807) is 0 Å². The van der Waals surface area contributed by atoms with E-state index in [4.69, 9.17) is 0 Å². The summed E-state index contributed by atoms with van der Waals surface area (Å²) in [6.07, 6.45) is 3.86. The number of imide groups is 1. The Bertz CT molecular complexity index is 743. The highest BCUT2D eigenvalue weighted by Crippen LogP contribution is 2.40. The van der Waals surface area contributed by atoms with Gasteiger partial charge in [0.2, 0.25) is 11.8 Å². The van der Waals surface area contributed by atoms with Crippen LogP contribution in [0.15, 0.2) is 30.3 Å². The normalized spacial score (nSPS) is 21.9. The Morgan fingerprint density at radius 2 is 1.62 bits per heavy atom. The van der Waals surface area contributed by atoms with Gasteiger partial charge in [-0.05, 0) is 36.8 Å². The number of benzene rings is 1. The second-order valence-electron chi connectivity index (χ2n) is 8.60. The van der Waals surface area contributed by atoms with Crippen molar-refractivity contribution in [2.45, 2.75) is 38.6 Å². The number of hydrogen-bond donors (Lipinski definition) is 1. The molecule has 7 nitrogen and oxygen atoms in total. The van der Waals surface area contributed by atoms with Crippen LogP contribution in [0.1, 0.15) is 37.7 Å². The molecule has 3 saturated heterocycles. The van der Waals surface area contributed by atoms with Gasteiger partial charge in [0.25, 0.3) is 0 Å². The van der Waals surface area contributed by atoms with Crippen molar-refractivity contribution >= 4 is 17.8 Å². The van der Waals surface area contributed by atoms with E-state index in [0.717, 1.165) is 45.6 Å². The topological polar surface area (TPSA) is 73.0 Å². The Hall–Kier alpha value is -2.41. The zero-order valence-electron chi connectivity index (χ0n) is 16.9. The van der Waals surface area contributed by atoms with E-state index in [0.29, 0.717) is 24.8 Å². The maximum atomic E-state index is 12.5. The number of carbonyl (C=O) groups excluding carboxylic acids is 3. The summed E-state index contributed by atoms with van der Waals surface area (Å²) in [5.41, 5.74) is 1.69. The molecule has 0 aromatic heterocycles. The van der Waals surface area contributed by atoms with Gasteiger partial charge in [0.15, 0.2) is 0 Å². The minimum absolute atomic E-state index is 0.0851. The first-order valence-corrected chi connectivity index (χ1v) is 10.7. The highest BCUT2D eigenvalue weighted by molar-refractivity contribution is 6.01. The Kier molecular flexibility index (Phi) is 5.85. The van der Waals surface area contributed by atoms with Crippen molar-refractivity contribution in [1.82, 2.24) is 20.0 Å². The average Bonchev–Trinajstić information content (AvgIpc) is 3.26. The summed E-state index contributed by atoms with van der Waals surface area (Å²) in [4.78, 5) is 41.4. The first-order valence-electron chi connectivity index (χ1n) is 10.7. The number of urea groups is 1. The minimum atomic E-state index is -0.134. The second-order valence-corrected chi connectivity index (χ2v) is 8.60. The average molecular weight is 399 g/mol. The quantitative estimate of drug-likeness (QED) is 0.768. The number of piperidine rings is 1. The first kappa shape index (κ1) is 19.9. The van der Waals surface area contributed by atoms with Crippen LogP contribution in [-0.4, -0.2) is 71.8 Å². The van der Waals surface area contributed by atoms with Crippen LogP contribution >= 0.6 is 0 Å². The Morgan fingerprint density at radius 1 is 0.966 bits per heavy atom. The van der Waals surface area contributed by atoms with Crippen LogP contribution in [0.3, 0.4) is 0 Å². The van der Waals surface area contributed by atoms with Gasteiger partial charge in [-0.3, -0.25) is 19.4 Å². The van der Waals surface area contributed by atoms with Crippen LogP contribution in [0, 0.1) is 5.41 Å². The van der Waals surface area contributed by atoms with Crippen molar-refractivity contribution in [3.8, 4) is 0 Å². The lowest BCUT2D eigenvalue weighted by Crippen LogP contribution is -2.49. The number of hydrogen-bond acceptors (Lipinski definition) is 4. The summed E-state index contributed by atoms with van der Waals surface area (Å²) in [6.45, 7) is 5.37. The van der Waals surface area contributed by atoms with E-state index in [2.05, 4.69) is 40.5 Å². The molecule has 3 aliphatic rings. The van der Waals surface area contributed by atoms with Crippen LogP contribution in [0.25, 0.3) is 0 Å². The van der Waals surface area contributed by atoms with Crippen LogP contribution < -0.4 is 5.32 Å². The van der Waals surface area contributed by atoms with Crippen molar-refractivity contribution in [1.29, 1.82) is 0 Å². The molecule has 29 heavy (non-hydrogen) atoms. The molecule has 156 valence electrons. The first-order chi connectivity index (χ1) is 14.0. The maximum absolute atomic E-state index is 12.5. The van der Waals surface area contributed by atoms with Crippen molar-refractivity contribution in [2.24, 2.45) is 5.41 Å². The molecule has 7 heteroatoms. The number of likely N-dealkylation sites (tertiary alicyclic amines) is 3. The van der Waals surface area contributed by atoms with Crippen LogP contribution in [0.5, 0.6) is 0 Å². The summed E-state index contributed by atoms with van der Waals surface area (Å²) >= 11 is 0. The SMILES string of the molecule is O=C(NCCN1C(=O)CCC1=O)N1CCC2(CCN(Cc3ccccc3)C2)CC1. The Balaban J connectivity index is 1.19. The summed E-state index contributed by atoms with van der Waals surface area (Å²) in [7, 11) is 0. The summed E-state index contributed by atoms with van der Waals surface area (Å²) in [5, 5.41) is 2.87. The third-order valence-corrected chi connectivity index (χ3v) is 6.64. The third kappa shape index (κ3) is 4.61. The summed E-state index contributed by atoms with van der Waals surface area (Å²) in [6, 6.07) is 10.5. The molecule has 4 rings (SSSR count). The number of nitrogens with zero attached hydrogens (tertiary/aromatic N) is 3. The smallest absolute Gasteiger partial charge is 0.317 e. The zero-order valence-corrected chi connectivity index (χ0v) is 16.9. The molecule has 1 aromatic carbocycles. The lowest BCUT2D eigenvalue weighted by molar-refractivity contribution is -0.138. The fraction of sp³-hybridized carbons (Fsp3) is 0.591. The molecule has 3 heterocycles. The maximum Gasteiger partial charge on any atom is 0.317 e. The monoisotopic (exact) mass is 398 g/mol. The van der Waals surface area contributed by atoms with Gasteiger partial charge in [0.05, 0.1) is 0 Å². The Morgan fingerprint density at radius 3 is 2.31 bits per heavy atom. The van der Waals surface area contributed by atoms with Crippen LogP contribution in [0.4, 0.5) is 4.79 Å². The molecular formula is C22H30N4O3. The fourth-order valence-electron chi connectivity index (χ4n) is 4.86. The van der Waals surface area contributed by atoms with Crippen molar-refractivity contribution < 1.29 is 14.4 Å². The van der Waals surface area contributed by atoms with Gasteiger partial charge in [0.1, 0.15) is 0 Å². The number of rotatable bonds is 5. The van der Waals surface area contributed by atoms with E-state index >= 15 is 0 Å². The largest absolute Gasteiger partial charge is 0.336 e. The van der Waals surface area contributed by atoms with Crippen molar-refractivity contribution in [3.63, 3.8) is 0 Å². The summed E-state index contributed by atoms with van der Waals surface area (Å²) in [5.74, 6) is -0.268. The highest BCUT2D eigenvalue weighted by atomic mass is 16.2. The highest BCUT2D eigenvalue weighted by Gasteiger charge is 2.41. The molecule has 0 bridgehead atoms. The molecular weight excluding hydrogens is 368 g/mol. The standard InChI is InChI=1S/C22H30N4O3/c27-19-6-7-20(28)26(19)15-11-23-21(29)25-13-9-22(10-14-25)8-12-24(17-22)16-18-4-2-1-3-5-18/h1-5H,6-17H2,(H,23,29). The van der Waals surface area contributed by atoms with Crippen LogP contribution in [0.2, 0.25) is 0 Å². The molecule has 1 spiro atoms. The molecule has 1 N–H and O–H groups in total.